The van der Waals surface area contributed by atoms with E-state index in [1.54, 1.807) is 31.5 Å². The van der Waals surface area contributed by atoms with Crippen LogP contribution in [0.4, 0.5) is 0 Å². The minimum atomic E-state index is -0.344. The van der Waals surface area contributed by atoms with Gasteiger partial charge >= 0.3 is 5.97 Å². The summed E-state index contributed by atoms with van der Waals surface area (Å²) in [5, 5.41) is 0. The molecule has 2 aliphatic rings. The first-order valence-corrected chi connectivity index (χ1v) is 12.2. The lowest BCUT2D eigenvalue weighted by Crippen LogP contribution is -2.21. The van der Waals surface area contributed by atoms with Crippen LogP contribution in [0.15, 0.2) is 78.8 Å². The third-order valence-corrected chi connectivity index (χ3v) is 6.78. The van der Waals surface area contributed by atoms with Crippen molar-refractivity contribution in [3.63, 3.8) is 0 Å². The molecule has 0 N–H and O–H groups in total. The summed E-state index contributed by atoms with van der Waals surface area (Å²) >= 11 is 0. The first kappa shape index (κ1) is 23.5. The molecular formula is C30H24N2O6. The van der Waals surface area contributed by atoms with Crippen LogP contribution in [0.3, 0.4) is 0 Å². The lowest BCUT2D eigenvalue weighted by Gasteiger charge is -2.26. The van der Waals surface area contributed by atoms with E-state index in [1.165, 1.54) is 0 Å². The van der Waals surface area contributed by atoms with Gasteiger partial charge < -0.3 is 23.5 Å². The van der Waals surface area contributed by atoms with Gasteiger partial charge in [0.2, 0.25) is 5.78 Å². The van der Waals surface area contributed by atoms with Crippen molar-refractivity contribution in [2.45, 2.75) is 18.9 Å². The smallest absolute Gasteiger partial charge is 0.312 e. The maximum atomic E-state index is 13.3. The van der Waals surface area contributed by atoms with Crippen LogP contribution in [0.5, 0.6) is 23.0 Å². The number of ketones is 1. The summed E-state index contributed by atoms with van der Waals surface area (Å²) in [7, 11) is 3.49. The molecule has 190 valence electrons. The molecular weight excluding hydrogens is 484 g/mol. The summed E-state index contributed by atoms with van der Waals surface area (Å²) in [5.74, 6) is 2.21. The van der Waals surface area contributed by atoms with Crippen molar-refractivity contribution in [3.05, 3.63) is 107 Å². The molecule has 38 heavy (non-hydrogen) atoms. The molecule has 8 heteroatoms. The molecule has 0 spiro atoms. The van der Waals surface area contributed by atoms with Crippen molar-refractivity contribution >= 4 is 17.8 Å². The van der Waals surface area contributed by atoms with E-state index in [9.17, 15) is 9.59 Å². The normalized spacial score (nSPS) is 17.0. The van der Waals surface area contributed by atoms with Crippen LogP contribution in [-0.4, -0.2) is 28.4 Å². The highest BCUT2D eigenvalue weighted by molar-refractivity contribution is 6.15. The molecule has 0 unspecified atom stereocenters. The number of aromatic nitrogens is 2. The number of Topliss-reactive ketones (excluding diaryl/α,β-unsaturated/α-hetero) is 1. The van der Waals surface area contributed by atoms with Crippen LogP contribution in [0, 0.1) is 0 Å². The number of carbonyl (C=O) groups is 2. The van der Waals surface area contributed by atoms with E-state index in [0.29, 0.717) is 40.7 Å². The van der Waals surface area contributed by atoms with Gasteiger partial charge in [0.25, 0.3) is 0 Å². The molecule has 0 amide bonds. The molecule has 0 fully saturated rings. The number of hydrogen-bond acceptors (Lipinski definition) is 7. The first-order valence-electron chi connectivity index (χ1n) is 12.2. The van der Waals surface area contributed by atoms with Crippen molar-refractivity contribution in [1.29, 1.82) is 0 Å². The number of fused-ring (bicyclic) bond motifs is 3. The lowest BCUT2D eigenvalue weighted by molar-refractivity contribution is -0.135. The number of imidazole rings is 1. The summed E-state index contributed by atoms with van der Waals surface area (Å²) in [6.07, 6.45) is 5.39. The van der Waals surface area contributed by atoms with Gasteiger partial charge in [-0.05, 0) is 42.0 Å². The highest BCUT2D eigenvalue weighted by Crippen LogP contribution is 2.49. The molecule has 1 atom stereocenters. The zero-order chi connectivity index (χ0) is 26.2. The zero-order valence-corrected chi connectivity index (χ0v) is 20.8. The average Bonchev–Trinajstić information content (AvgIpc) is 3.49. The Kier molecular flexibility index (Phi) is 5.92. The summed E-state index contributed by atoms with van der Waals surface area (Å²) < 4.78 is 24.9. The fourth-order valence-corrected chi connectivity index (χ4v) is 4.80. The number of methoxy groups -OCH3 is 1. The third-order valence-electron chi connectivity index (χ3n) is 6.78. The van der Waals surface area contributed by atoms with Gasteiger partial charge in [-0.3, -0.25) is 9.59 Å². The Bertz CT molecular complexity index is 1580. The zero-order valence-electron chi connectivity index (χ0n) is 20.8. The summed E-state index contributed by atoms with van der Waals surface area (Å²) in [6.45, 7) is 0.339. The van der Waals surface area contributed by atoms with Gasteiger partial charge in [0, 0.05) is 36.5 Å². The number of rotatable bonds is 6. The quantitative estimate of drug-likeness (QED) is 0.204. The molecule has 8 nitrogen and oxygen atoms in total. The van der Waals surface area contributed by atoms with Gasteiger partial charge in [-0.25, -0.2) is 4.98 Å². The van der Waals surface area contributed by atoms with Gasteiger partial charge in [0.15, 0.2) is 5.76 Å². The van der Waals surface area contributed by atoms with Crippen LogP contribution >= 0.6 is 0 Å². The van der Waals surface area contributed by atoms with E-state index in [1.807, 2.05) is 66.3 Å². The van der Waals surface area contributed by atoms with Crippen LogP contribution in [-0.2, 0) is 18.4 Å². The number of carbonyl (C=O) groups excluding carboxylic acids is 2. The predicted molar refractivity (Wildman–Crippen MR) is 138 cm³/mol. The van der Waals surface area contributed by atoms with E-state index < -0.39 is 0 Å². The Labute approximate surface area is 219 Å². The molecule has 0 saturated heterocycles. The van der Waals surface area contributed by atoms with E-state index >= 15 is 0 Å². The second-order valence-electron chi connectivity index (χ2n) is 9.08. The molecule has 1 aromatic heterocycles. The topological polar surface area (TPSA) is 88.9 Å². The molecule has 0 aliphatic carbocycles. The lowest BCUT2D eigenvalue weighted by atomic mass is 9.84. The second-order valence-corrected chi connectivity index (χ2v) is 9.08. The second kappa shape index (κ2) is 9.55. The molecule has 0 bridgehead atoms. The summed E-state index contributed by atoms with van der Waals surface area (Å²) in [6, 6.07) is 18.3. The summed E-state index contributed by atoms with van der Waals surface area (Å²) in [5.41, 5.74) is 2.73. The van der Waals surface area contributed by atoms with E-state index in [0.717, 1.165) is 17.0 Å². The molecule has 2 aliphatic heterocycles. The monoisotopic (exact) mass is 508 g/mol. The van der Waals surface area contributed by atoms with Crippen LogP contribution in [0.2, 0.25) is 0 Å². The number of ether oxygens (including phenoxy) is 4. The Hall–Kier alpha value is -4.85. The van der Waals surface area contributed by atoms with E-state index in [-0.39, 0.29) is 29.9 Å². The number of para-hydroxylation sites is 1. The van der Waals surface area contributed by atoms with Gasteiger partial charge in [-0.1, -0.05) is 30.3 Å². The minimum Gasteiger partial charge on any atom is -0.496 e. The maximum Gasteiger partial charge on any atom is 0.312 e. The molecule has 3 heterocycles. The predicted octanol–water partition coefficient (Wildman–Crippen LogP) is 5.06. The van der Waals surface area contributed by atoms with Crippen LogP contribution in [0.25, 0.3) is 6.08 Å². The Morgan fingerprint density at radius 3 is 2.63 bits per heavy atom. The van der Waals surface area contributed by atoms with Crippen molar-refractivity contribution in [1.82, 2.24) is 9.55 Å². The number of benzene rings is 3. The fourth-order valence-electron chi connectivity index (χ4n) is 4.80. The highest BCUT2D eigenvalue weighted by atomic mass is 16.5. The molecule has 4 aromatic rings. The number of hydrogen-bond donors (Lipinski definition) is 0. The number of aryl methyl sites for hydroxylation is 1. The highest BCUT2D eigenvalue weighted by Gasteiger charge is 2.38. The minimum absolute atomic E-state index is 0.125. The van der Waals surface area contributed by atoms with Crippen LogP contribution < -0.4 is 18.9 Å². The van der Waals surface area contributed by atoms with Crippen molar-refractivity contribution in [2.75, 3.05) is 7.11 Å². The van der Waals surface area contributed by atoms with Crippen molar-refractivity contribution in [3.8, 4) is 23.0 Å². The molecule has 0 radical (unpaired) electrons. The van der Waals surface area contributed by atoms with Gasteiger partial charge in [0.05, 0.1) is 19.1 Å². The SMILES string of the molecule is COc1ccccc1/C=C1\Oc2c(ccc3c2[C@@H](c2ccc(OCc4nccn4C)cc2)CC(=O)O3)C1=O. The Balaban J connectivity index is 1.32. The van der Waals surface area contributed by atoms with Crippen molar-refractivity contribution < 1.29 is 28.5 Å². The molecule has 3 aromatic carbocycles. The number of allylic oxidation sites excluding steroid dienone is 1. The molecule has 6 rings (SSSR count). The fraction of sp³-hybridized carbons (Fsp3) is 0.167. The Morgan fingerprint density at radius 1 is 1.05 bits per heavy atom. The van der Waals surface area contributed by atoms with Gasteiger partial charge in [-0.2, -0.15) is 0 Å². The maximum absolute atomic E-state index is 13.3. The number of esters is 1. The van der Waals surface area contributed by atoms with E-state index in [2.05, 4.69) is 4.98 Å². The standard InChI is InChI=1S/C30H24N2O6/c1-32-14-13-31-26(32)17-36-20-9-7-18(8-10-20)22-16-27(33)37-24-12-11-21-29(34)25(38-30(21)28(22)24)15-19-5-3-4-6-23(19)35-2/h3-15,22H,16-17H2,1-2H3/b25-15-/t22-/m1/s1. The largest absolute Gasteiger partial charge is 0.496 e. The number of nitrogens with zero attached hydrogens (tertiary/aromatic N) is 2. The van der Waals surface area contributed by atoms with Gasteiger partial charge in [0.1, 0.15) is 35.4 Å². The summed E-state index contributed by atoms with van der Waals surface area (Å²) in [4.78, 5) is 30.0. The Morgan fingerprint density at radius 2 is 1.87 bits per heavy atom. The average molecular weight is 509 g/mol. The van der Waals surface area contributed by atoms with Gasteiger partial charge in [-0.15, -0.1) is 0 Å². The van der Waals surface area contributed by atoms with Crippen molar-refractivity contribution in [2.24, 2.45) is 7.05 Å². The van der Waals surface area contributed by atoms with E-state index in [4.69, 9.17) is 18.9 Å². The molecule has 0 saturated carbocycles. The third kappa shape index (κ3) is 4.20. The van der Waals surface area contributed by atoms with Crippen LogP contribution in [0.1, 0.15) is 45.2 Å². The first-order chi connectivity index (χ1) is 18.5.